The molecule has 202 valence electrons. The minimum absolute atomic E-state index is 0.00299. The summed E-state index contributed by atoms with van der Waals surface area (Å²) in [7, 11) is 0. The summed E-state index contributed by atoms with van der Waals surface area (Å²) in [6, 6.07) is 13.0. The smallest absolute Gasteiger partial charge is 0.342 e. The maximum Gasteiger partial charge on any atom is 0.342 e. The van der Waals surface area contributed by atoms with E-state index < -0.39 is 22.8 Å². The fourth-order valence-electron chi connectivity index (χ4n) is 4.63. The van der Waals surface area contributed by atoms with Gasteiger partial charge in [-0.05, 0) is 33.8 Å². The van der Waals surface area contributed by atoms with Crippen LogP contribution in [0.15, 0.2) is 48.5 Å². The summed E-state index contributed by atoms with van der Waals surface area (Å²) >= 11 is 0. The highest BCUT2D eigenvalue weighted by Crippen LogP contribution is 2.27. The number of carbonyl (C=O) groups excluding carboxylic acids is 3. The molecule has 2 heterocycles. The lowest BCUT2D eigenvalue weighted by Crippen LogP contribution is -2.55. The average molecular weight is 532 g/mol. The van der Waals surface area contributed by atoms with Gasteiger partial charge in [-0.15, -0.1) is 0 Å². The highest BCUT2D eigenvalue weighted by molar-refractivity contribution is 6.07. The van der Waals surface area contributed by atoms with Crippen LogP contribution < -0.4 is 0 Å². The molecule has 0 spiro atoms. The van der Waals surface area contributed by atoms with E-state index in [0.717, 1.165) is 0 Å². The van der Waals surface area contributed by atoms with Crippen LogP contribution in [0.3, 0.4) is 0 Å². The topological polar surface area (TPSA) is 136 Å². The Bertz CT molecular complexity index is 1440. The van der Waals surface area contributed by atoms with Gasteiger partial charge < -0.3 is 14.5 Å². The number of nitrogens with zero attached hydrogens (tertiary/aromatic N) is 5. The third-order valence-corrected chi connectivity index (χ3v) is 6.58. The maximum atomic E-state index is 13.8. The fraction of sp³-hybridized carbons (Fsp3) is 0.321. The molecule has 3 aromatic rings. The van der Waals surface area contributed by atoms with E-state index in [2.05, 4.69) is 9.97 Å². The van der Waals surface area contributed by atoms with Crippen LogP contribution in [0.4, 0.5) is 5.69 Å². The molecule has 1 aliphatic rings. The molecule has 1 aromatic heterocycles. The SMILES string of the molecule is CCOC(=O)c1c(C(=O)N2CCN(C(=O)c3ccc(C)c([N+](=O)[O-])c3)C(C)C2)nc(C)nc1-c1ccccc1. The van der Waals surface area contributed by atoms with Gasteiger partial charge >= 0.3 is 5.97 Å². The lowest BCUT2D eigenvalue weighted by atomic mass is 10.0. The number of ether oxygens (including phenoxy) is 1. The third kappa shape index (κ3) is 5.62. The minimum atomic E-state index is -0.692. The molecule has 1 atom stereocenters. The van der Waals surface area contributed by atoms with Crippen molar-refractivity contribution in [3.8, 4) is 11.3 Å². The Morgan fingerprint density at radius 2 is 1.77 bits per heavy atom. The van der Waals surface area contributed by atoms with E-state index in [-0.39, 0.29) is 54.7 Å². The lowest BCUT2D eigenvalue weighted by Gasteiger charge is -2.40. The van der Waals surface area contributed by atoms with E-state index in [4.69, 9.17) is 4.74 Å². The highest BCUT2D eigenvalue weighted by atomic mass is 16.6. The van der Waals surface area contributed by atoms with Crippen molar-refractivity contribution in [2.24, 2.45) is 0 Å². The van der Waals surface area contributed by atoms with Crippen molar-refractivity contribution in [1.29, 1.82) is 0 Å². The van der Waals surface area contributed by atoms with Crippen LogP contribution in [0.2, 0.25) is 0 Å². The second-order valence-corrected chi connectivity index (χ2v) is 9.29. The number of piperazine rings is 1. The molecule has 1 unspecified atom stereocenters. The Balaban J connectivity index is 1.62. The minimum Gasteiger partial charge on any atom is -0.462 e. The number of nitro benzene ring substituents is 1. The molecule has 39 heavy (non-hydrogen) atoms. The van der Waals surface area contributed by atoms with Crippen molar-refractivity contribution < 1.29 is 24.0 Å². The molecule has 11 nitrogen and oxygen atoms in total. The molecule has 0 saturated carbocycles. The molecule has 2 aromatic carbocycles. The van der Waals surface area contributed by atoms with Gasteiger partial charge in [-0.2, -0.15) is 0 Å². The zero-order valence-electron chi connectivity index (χ0n) is 22.2. The predicted octanol–water partition coefficient (Wildman–Crippen LogP) is 3.83. The molecule has 2 amide bonds. The molecule has 0 N–H and O–H groups in total. The highest BCUT2D eigenvalue weighted by Gasteiger charge is 2.35. The fourth-order valence-corrected chi connectivity index (χ4v) is 4.63. The number of esters is 1. The molecule has 0 aliphatic carbocycles. The number of aromatic nitrogens is 2. The predicted molar refractivity (Wildman–Crippen MR) is 142 cm³/mol. The molecule has 1 fully saturated rings. The van der Waals surface area contributed by atoms with Gasteiger partial charge in [-0.1, -0.05) is 36.4 Å². The van der Waals surface area contributed by atoms with Gasteiger partial charge in [-0.3, -0.25) is 19.7 Å². The monoisotopic (exact) mass is 531 g/mol. The Hall–Kier alpha value is -4.67. The Kier molecular flexibility index (Phi) is 7.99. The van der Waals surface area contributed by atoms with Gasteiger partial charge in [0.2, 0.25) is 0 Å². The van der Waals surface area contributed by atoms with E-state index in [1.807, 2.05) is 18.2 Å². The molecular formula is C28H29N5O6. The third-order valence-electron chi connectivity index (χ3n) is 6.58. The summed E-state index contributed by atoms with van der Waals surface area (Å²) in [5.74, 6) is -1.18. The van der Waals surface area contributed by atoms with E-state index >= 15 is 0 Å². The Morgan fingerprint density at radius 3 is 2.41 bits per heavy atom. The van der Waals surface area contributed by atoms with Crippen LogP contribution in [0.1, 0.15) is 56.4 Å². The first-order valence-corrected chi connectivity index (χ1v) is 12.6. The van der Waals surface area contributed by atoms with Gasteiger partial charge in [0, 0.05) is 48.4 Å². The second-order valence-electron chi connectivity index (χ2n) is 9.29. The lowest BCUT2D eigenvalue weighted by molar-refractivity contribution is -0.385. The van der Waals surface area contributed by atoms with Crippen molar-refractivity contribution in [3.05, 3.63) is 86.9 Å². The van der Waals surface area contributed by atoms with E-state index in [1.165, 1.54) is 6.07 Å². The van der Waals surface area contributed by atoms with Gasteiger partial charge in [-0.25, -0.2) is 14.8 Å². The molecule has 0 bridgehead atoms. The van der Waals surface area contributed by atoms with E-state index in [9.17, 15) is 24.5 Å². The quantitative estimate of drug-likeness (QED) is 0.266. The van der Waals surface area contributed by atoms with Crippen LogP contribution in [-0.4, -0.2) is 74.8 Å². The molecule has 0 radical (unpaired) electrons. The van der Waals surface area contributed by atoms with Crippen LogP contribution >= 0.6 is 0 Å². The van der Waals surface area contributed by atoms with Crippen molar-refractivity contribution in [1.82, 2.24) is 19.8 Å². The van der Waals surface area contributed by atoms with Crippen molar-refractivity contribution >= 4 is 23.5 Å². The van der Waals surface area contributed by atoms with Crippen LogP contribution in [0.25, 0.3) is 11.3 Å². The summed E-state index contributed by atoms with van der Waals surface area (Å²) in [5, 5.41) is 11.3. The number of benzene rings is 2. The zero-order chi connectivity index (χ0) is 28.3. The number of rotatable bonds is 6. The first-order chi connectivity index (χ1) is 18.6. The van der Waals surface area contributed by atoms with Crippen LogP contribution in [0.5, 0.6) is 0 Å². The summed E-state index contributed by atoms with van der Waals surface area (Å²) in [6.45, 7) is 7.44. The number of nitro groups is 1. The second kappa shape index (κ2) is 11.4. The number of hydrogen-bond acceptors (Lipinski definition) is 8. The summed E-state index contributed by atoms with van der Waals surface area (Å²) in [6.07, 6.45) is 0. The molecule has 1 saturated heterocycles. The summed E-state index contributed by atoms with van der Waals surface area (Å²) in [4.78, 5) is 62.8. The Labute approximate surface area is 225 Å². The number of carbonyl (C=O) groups is 3. The maximum absolute atomic E-state index is 13.8. The number of aryl methyl sites for hydroxylation is 2. The molecular weight excluding hydrogens is 502 g/mol. The van der Waals surface area contributed by atoms with Gasteiger partial charge in [0.05, 0.1) is 17.2 Å². The zero-order valence-corrected chi connectivity index (χ0v) is 22.2. The van der Waals surface area contributed by atoms with Crippen molar-refractivity contribution in [2.75, 3.05) is 26.2 Å². The first kappa shape index (κ1) is 27.4. The van der Waals surface area contributed by atoms with Crippen molar-refractivity contribution in [3.63, 3.8) is 0 Å². The Morgan fingerprint density at radius 1 is 1.05 bits per heavy atom. The number of amides is 2. The summed E-state index contributed by atoms with van der Waals surface area (Å²) in [5.41, 5.74) is 1.46. The first-order valence-electron chi connectivity index (χ1n) is 12.6. The van der Waals surface area contributed by atoms with Gasteiger partial charge in [0.1, 0.15) is 17.1 Å². The average Bonchev–Trinajstić information content (AvgIpc) is 2.92. The van der Waals surface area contributed by atoms with E-state index in [1.54, 1.807) is 61.8 Å². The summed E-state index contributed by atoms with van der Waals surface area (Å²) < 4.78 is 5.27. The van der Waals surface area contributed by atoms with Crippen LogP contribution in [0, 0.1) is 24.0 Å². The van der Waals surface area contributed by atoms with Gasteiger partial charge in [0.25, 0.3) is 17.5 Å². The molecule has 1 aliphatic heterocycles. The molecule has 11 heteroatoms. The van der Waals surface area contributed by atoms with Gasteiger partial charge in [0.15, 0.2) is 0 Å². The standard InChI is InChI=1S/C28H29N5O6/c1-5-39-28(36)23-24(20-9-7-6-8-10-20)29-19(4)30-25(23)27(35)31-13-14-32(18(3)16-31)26(34)21-12-11-17(2)22(15-21)33(37)38/h6-12,15,18H,5,13-14,16H2,1-4H3. The normalized spacial score (nSPS) is 15.1. The number of hydrogen-bond donors (Lipinski definition) is 0. The van der Waals surface area contributed by atoms with E-state index in [0.29, 0.717) is 22.6 Å². The van der Waals surface area contributed by atoms with Crippen molar-refractivity contribution in [2.45, 2.75) is 33.7 Å². The molecule has 4 rings (SSSR count). The van der Waals surface area contributed by atoms with Crippen LogP contribution in [-0.2, 0) is 4.74 Å². The largest absolute Gasteiger partial charge is 0.462 e.